The molecule has 2 unspecified atom stereocenters. The molecule has 0 radical (unpaired) electrons. The van der Waals surface area contributed by atoms with Crippen molar-refractivity contribution in [1.29, 1.82) is 0 Å². The van der Waals surface area contributed by atoms with E-state index in [4.69, 9.17) is 17.3 Å². The van der Waals surface area contributed by atoms with Crippen LogP contribution >= 0.6 is 0 Å². The molecular formula is C8H15NO7. The molecule has 0 bridgehead atoms. The Morgan fingerprint density at radius 1 is 1.44 bits per heavy atom. The van der Waals surface area contributed by atoms with Gasteiger partial charge in [-0.3, -0.25) is 4.79 Å². The number of hydrogen-bond acceptors (Lipinski definition) is 8. The molecule has 7 N–H and O–H groups in total. The number of rotatable bonds is 3. The zero-order chi connectivity index (χ0) is 13.4. The van der Waals surface area contributed by atoms with Crippen LogP contribution in [0.25, 0.3) is 0 Å². The first-order valence-corrected chi connectivity index (χ1v) is 4.53. The van der Waals surface area contributed by atoms with Crippen molar-refractivity contribution < 1.29 is 36.4 Å². The second kappa shape index (κ2) is 4.72. The Hall–Kier alpha value is -0.610. The van der Waals surface area contributed by atoms with Crippen molar-refractivity contribution in [2.24, 2.45) is 5.73 Å². The predicted molar refractivity (Wildman–Crippen MR) is 49.0 cm³/mol. The quantitative estimate of drug-likeness (QED) is 0.288. The molecule has 0 aromatic carbocycles. The maximum atomic E-state index is 11.4. The van der Waals surface area contributed by atoms with Crippen LogP contribution in [0.5, 0.6) is 0 Å². The summed E-state index contributed by atoms with van der Waals surface area (Å²) in [5.41, 5.74) is 5.32. The number of aliphatic hydroxyl groups is 5. The van der Waals surface area contributed by atoms with Gasteiger partial charge >= 0.3 is 0 Å². The topological polar surface area (TPSA) is 153 Å². The van der Waals surface area contributed by atoms with E-state index in [0.29, 0.717) is 0 Å². The van der Waals surface area contributed by atoms with Crippen molar-refractivity contribution in [2.45, 2.75) is 30.1 Å². The fourth-order valence-electron chi connectivity index (χ4n) is 1.50. The van der Waals surface area contributed by atoms with Crippen molar-refractivity contribution in [3.05, 3.63) is 0 Å². The molecule has 1 fully saturated rings. The van der Waals surface area contributed by atoms with Crippen LogP contribution in [-0.4, -0.2) is 74.6 Å². The molecule has 1 saturated heterocycles. The van der Waals surface area contributed by atoms with Gasteiger partial charge in [-0.2, -0.15) is 0 Å². The van der Waals surface area contributed by atoms with Crippen LogP contribution in [0.3, 0.4) is 0 Å². The minimum Gasteiger partial charge on any atom is -0.394 e. The molecule has 1 heterocycles. The van der Waals surface area contributed by atoms with Gasteiger partial charge in [-0.05, 0) is 0 Å². The van der Waals surface area contributed by atoms with Crippen LogP contribution in [0.2, 0.25) is 0 Å². The molecule has 0 amide bonds. The SMILES string of the molecule is [2H]C(O)C(=O)C1(O)O[C@H](CO)[C@@H](O)[C@H](O)[C@@H]1N. The van der Waals surface area contributed by atoms with Crippen LogP contribution in [-0.2, 0) is 9.53 Å². The lowest BCUT2D eigenvalue weighted by atomic mass is 9.89. The summed E-state index contributed by atoms with van der Waals surface area (Å²) in [6, 6.07) is -1.74. The molecule has 94 valence electrons. The fourth-order valence-corrected chi connectivity index (χ4v) is 1.50. The molecule has 1 aliphatic heterocycles. The lowest BCUT2D eigenvalue weighted by molar-refractivity contribution is -0.298. The minimum atomic E-state index is -2.83. The van der Waals surface area contributed by atoms with Crippen molar-refractivity contribution in [3.63, 3.8) is 0 Å². The van der Waals surface area contributed by atoms with Crippen molar-refractivity contribution in [2.75, 3.05) is 13.2 Å². The molecular weight excluding hydrogens is 222 g/mol. The van der Waals surface area contributed by atoms with E-state index in [1.807, 2.05) is 0 Å². The minimum absolute atomic E-state index is 0.783. The Bertz CT molecular complexity index is 300. The van der Waals surface area contributed by atoms with Gasteiger partial charge < -0.3 is 36.0 Å². The molecule has 0 aromatic rings. The number of aliphatic hydroxyl groups excluding tert-OH is 4. The Kier molecular flexibility index (Phi) is 3.50. The highest BCUT2D eigenvalue weighted by molar-refractivity contribution is 5.87. The Morgan fingerprint density at radius 3 is 2.44 bits per heavy atom. The maximum absolute atomic E-state index is 11.4. The summed E-state index contributed by atoms with van der Waals surface area (Å²) in [6.45, 7) is -3.10. The van der Waals surface area contributed by atoms with E-state index < -0.39 is 49.1 Å². The second-order valence-electron chi connectivity index (χ2n) is 3.54. The van der Waals surface area contributed by atoms with Gasteiger partial charge in [0.25, 0.3) is 0 Å². The number of carbonyl (C=O) groups is 1. The van der Waals surface area contributed by atoms with Gasteiger partial charge in [-0.15, -0.1) is 0 Å². The number of ketones is 1. The van der Waals surface area contributed by atoms with Crippen LogP contribution in [0.1, 0.15) is 1.37 Å². The van der Waals surface area contributed by atoms with Crippen molar-refractivity contribution in [1.82, 2.24) is 0 Å². The van der Waals surface area contributed by atoms with E-state index in [2.05, 4.69) is 4.74 Å². The zero-order valence-corrected chi connectivity index (χ0v) is 8.22. The molecule has 0 saturated carbocycles. The van der Waals surface area contributed by atoms with Gasteiger partial charge in [0.15, 0.2) is 0 Å². The van der Waals surface area contributed by atoms with E-state index in [9.17, 15) is 20.1 Å². The highest BCUT2D eigenvalue weighted by atomic mass is 16.7. The third kappa shape index (κ3) is 1.96. The summed E-state index contributed by atoms with van der Waals surface area (Å²) in [5.74, 6) is -4.30. The summed E-state index contributed by atoms with van der Waals surface area (Å²) in [7, 11) is 0. The van der Waals surface area contributed by atoms with Crippen molar-refractivity contribution in [3.8, 4) is 0 Å². The Morgan fingerprint density at radius 2 is 2.00 bits per heavy atom. The lowest BCUT2D eigenvalue weighted by Crippen LogP contribution is -2.71. The largest absolute Gasteiger partial charge is 0.394 e. The van der Waals surface area contributed by atoms with Crippen LogP contribution < -0.4 is 5.73 Å². The second-order valence-corrected chi connectivity index (χ2v) is 3.54. The van der Waals surface area contributed by atoms with E-state index in [1.165, 1.54) is 0 Å². The third-order valence-electron chi connectivity index (χ3n) is 2.53. The predicted octanol–water partition coefficient (Wildman–Crippen LogP) is -4.32. The highest BCUT2D eigenvalue weighted by Gasteiger charge is 2.55. The number of Topliss-reactive ketones (excluding diaryl/α,β-unsaturated/α-hetero) is 1. The summed E-state index contributed by atoms with van der Waals surface area (Å²) in [6.07, 6.45) is -4.78. The molecule has 0 aliphatic carbocycles. The molecule has 0 aromatic heterocycles. The van der Waals surface area contributed by atoms with E-state index in [-0.39, 0.29) is 0 Å². The molecule has 1 rings (SSSR count). The highest BCUT2D eigenvalue weighted by Crippen LogP contribution is 2.27. The van der Waals surface area contributed by atoms with E-state index >= 15 is 0 Å². The van der Waals surface area contributed by atoms with Gasteiger partial charge in [0.2, 0.25) is 11.6 Å². The maximum Gasteiger partial charge on any atom is 0.247 e. The number of nitrogens with two attached hydrogens (primary N) is 1. The fraction of sp³-hybridized carbons (Fsp3) is 0.875. The number of hydrogen-bond donors (Lipinski definition) is 6. The first kappa shape index (κ1) is 11.9. The van der Waals surface area contributed by atoms with Gasteiger partial charge in [0.05, 0.1) is 14.0 Å². The summed E-state index contributed by atoms with van der Waals surface area (Å²) < 4.78 is 11.5. The van der Waals surface area contributed by atoms with Gasteiger partial charge in [-0.1, -0.05) is 0 Å². The van der Waals surface area contributed by atoms with Gasteiger partial charge in [0.1, 0.15) is 24.9 Å². The number of carbonyl (C=O) groups excluding carboxylic acids is 1. The van der Waals surface area contributed by atoms with E-state index in [1.54, 1.807) is 0 Å². The normalized spacial score (nSPS) is 47.2. The standard InChI is InChI=1S/C8H15NO7/c9-7-6(14)5(13)3(1-10)16-8(7,15)4(12)2-11/h3,5-7,10-11,13-15H,1-2,9H2/t3-,5-,6+,7+,8?/m1/s1/i2D/t2?,3-,5-,6+,7+,8?. The van der Waals surface area contributed by atoms with E-state index in [0.717, 1.165) is 0 Å². The molecule has 6 atom stereocenters. The lowest BCUT2D eigenvalue weighted by Gasteiger charge is -2.44. The summed E-state index contributed by atoms with van der Waals surface area (Å²) in [4.78, 5) is 11.4. The smallest absolute Gasteiger partial charge is 0.247 e. The van der Waals surface area contributed by atoms with Crippen LogP contribution in [0.15, 0.2) is 0 Å². The molecule has 1 aliphatic rings. The van der Waals surface area contributed by atoms with Crippen LogP contribution in [0.4, 0.5) is 0 Å². The monoisotopic (exact) mass is 238 g/mol. The molecule has 8 heteroatoms. The third-order valence-corrected chi connectivity index (χ3v) is 2.53. The Balaban J connectivity index is 3.03. The zero-order valence-electron chi connectivity index (χ0n) is 9.22. The summed E-state index contributed by atoms with van der Waals surface area (Å²) >= 11 is 0. The molecule has 8 nitrogen and oxygen atoms in total. The van der Waals surface area contributed by atoms with Gasteiger partial charge in [-0.25, -0.2) is 0 Å². The first-order valence-electron chi connectivity index (χ1n) is 5.10. The first-order chi connectivity index (χ1) is 7.75. The average Bonchev–Trinajstić information content (AvgIpc) is 2.30. The van der Waals surface area contributed by atoms with Crippen LogP contribution in [0, 0.1) is 0 Å². The molecule has 0 spiro atoms. The Labute approximate surface area is 92.3 Å². The average molecular weight is 238 g/mol. The van der Waals surface area contributed by atoms with Crippen molar-refractivity contribution >= 4 is 5.78 Å². The number of ether oxygens (including phenoxy) is 1. The molecule has 16 heavy (non-hydrogen) atoms. The van der Waals surface area contributed by atoms with Gasteiger partial charge in [0, 0.05) is 0 Å². The summed E-state index contributed by atoms with van der Waals surface area (Å²) in [5, 5.41) is 46.3.